The van der Waals surface area contributed by atoms with Crippen molar-refractivity contribution in [1.82, 2.24) is 0 Å². The van der Waals surface area contributed by atoms with Crippen LogP contribution in [-0.2, 0) is 0 Å². The van der Waals surface area contributed by atoms with Gasteiger partial charge in [0.15, 0.2) is 17.3 Å². The Hall–Kier alpha value is -2.16. The molecule has 2 rings (SSSR count). The summed E-state index contributed by atoms with van der Waals surface area (Å²) in [5, 5.41) is 0. The number of hydrogen-bond acceptors (Lipinski definition) is 3. The average Bonchev–Trinajstić information content (AvgIpc) is 2.90. The van der Waals surface area contributed by atoms with Gasteiger partial charge in [-0.25, -0.2) is 0 Å². The molecule has 0 amide bonds. The van der Waals surface area contributed by atoms with Gasteiger partial charge in [0.2, 0.25) is 0 Å². The third-order valence-corrected chi connectivity index (χ3v) is 2.47. The first-order chi connectivity index (χ1) is 8.27. The molecule has 3 heteroatoms. The molecule has 1 aromatic carbocycles. The molecule has 0 radical (unpaired) electrons. The quantitative estimate of drug-likeness (QED) is 0.738. The van der Waals surface area contributed by atoms with Crippen LogP contribution in [-0.4, -0.2) is 11.6 Å². The Morgan fingerprint density at radius 2 is 1.59 bits per heavy atom. The molecule has 0 aliphatic heterocycles. The Morgan fingerprint density at radius 1 is 0.882 bits per heavy atom. The predicted molar refractivity (Wildman–Crippen MR) is 63.0 cm³/mol. The summed E-state index contributed by atoms with van der Waals surface area (Å²) in [5.41, 5.74) is 0.639. The minimum Gasteiger partial charge on any atom is -0.461 e. The van der Waals surface area contributed by atoms with E-state index in [-0.39, 0.29) is 24.4 Å². The highest BCUT2D eigenvalue weighted by Gasteiger charge is 2.12. The van der Waals surface area contributed by atoms with Crippen LogP contribution in [0.5, 0.6) is 0 Å². The second-order valence-electron chi connectivity index (χ2n) is 3.69. The van der Waals surface area contributed by atoms with Crippen LogP contribution < -0.4 is 0 Å². The van der Waals surface area contributed by atoms with Crippen LogP contribution in [0.4, 0.5) is 0 Å². The van der Waals surface area contributed by atoms with Gasteiger partial charge in [0.1, 0.15) is 0 Å². The van der Waals surface area contributed by atoms with Gasteiger partial charge in [-0.1, -0.05) is 30.3 Å². The summed E-state index contributed by atoms with van der Waals surface area (Å²) >= 11 is 0. The van der Waals surface area contributed by atoms with E-state index >= 15 is 0 Å². The fourth-order valence-electron chi connectivity index (χ4n) is 1.56. The summed E-state index contributed by atoms with van der Waals surface area (Å²) in [6.45, 7) is 0. The molecule has 0 aliphatic rings. The van der Waals surface area contributed by atoms with E-state index in [1.165, 1.54) is 6.26 Å². The Labute approximate surface area is 99.1 Å². The SMILES string of the molecule is O=C(CCC(=O)c1ccco1)c1ccccc1. The number of carbonyl (C=O) groups is 2. The van der Waals surface area contributed by atoms with Crippen molar-refractivity contribution < 1.29 is 14.0 Å². The molecule has 0 N–H and O–H groups in total. The molecule has 0 atom stereocenters. The highest BCUT2D eigenvalue weighted by Crippen LogP contribution is 2.09. The maximum atomic E-state index is 11.7. The third-order valence-electron chi connectivity index (χ3n) is 2.47. The molecular weight excluding hydrogens is 216 g/mol. The summed E-state index contributed by atoms with van der Waals surface area (Å²) < 4.78 is 4.97. The van der Waals surface area contributed by atoms with Crippen LogP contribution >= 0.6 is 0 Å². The second kappa shape index (κ2) is 5.25. The van der Waals surface area contributed by atoms with Crippen LogP contribution in [0.15, 0.2) is 53.1 Å². The van der Waals surface area contributed by atoms with Gasteiger partial charge < -0.3 is 4.42 Å². The molecule has 0 fully saturated rings. The van der Waals surface area contributed by atoms with Crippen LogP contribution in [0.1, 0.15) is 33.8 Å². The number of hydrogen-bond donors (Lipinski definition) is 0. The predicted octanol–water partition coefficient (Wildman–Crippen LogP) is 3.13. The molecule has 2 aromatic rings. The van der Waals surface area contributed by atoms with E-state index in [0.29, 0.717) is 11.3 Å². The molecule has 0 bridgehead atoms. The minimum atomic E-state index is -0.140. The molecule has 0 aliphatic carbocycles. The first kappa shape index (κ1) is 11.3. The highest BCUT2D eigenvalue weighted by molar-refractivity contribution is 6.00. The normalized spacial score (nSPS) is 10.1. The van der Waals surface area contributed by atoms with Crippen LogP contribution in [0.25, 0.3) is 0 Å². The van der Waals surface area contributed by atoms with Gasteiger partial charge in [-0.2, -0.15) is 0 Å². The Kier molecular flexibility index (Phi) is 3.50. The third kappa shape index (κ3) is 2.91. The zero-order chi connectivity index (χ0) is 12.1. The number of Topliss-reactive ketones (excluding diaryl/α,β-unsaturated/α-hetero) is 2. The summed E-state index contributed by atoms with van der Waals surface area (Å²) in [7, 11) is 0. The topological polar surface area (TPSA) is 47.3 Å². The van der Waals surface area contributed by atoms with Crippen molar-refractivity contribution in [2.75, 3.05) is 0 Å². The van der Waals surface area contributed by atoms with Crippen molar-refractivity contribution in [3.63, 3.8) is 0 Å². The van der Waals surface area contributed by atoms with Gasteiger partial charge >= 0.3 is 0 Å². The van der Waals surface area contributed by atoms with Gasteiger partial charge in [-0.15, -0.1) is 0 Å². The van der Waals surface area contributed by atoms with E-state index in [9.17, 15) is 9.59 Å². The first-order valence-electron chi connectivity index (χ1n) is 5.42. The number of ketones is 2. The molecule has 0 unspecified atom stereocenters. The molecule has 86 valence electrons. The van der Waals surface area contributed by atoms with E-state index in [2.05, 4.69) is 0 Å². The van der Waals surface area contributed by atoms with Crippen molar-refractivity contribution in [2.24, 2.45) is 0 Å². The van der Waals surface area contributed by atoms with Crippen molar-refractivity contribution in [3.05, 3.63) is 60.1 Å². The van der Waals surface area contributed by atoms with Gasteiger partial charge in [0.25, 0.3) is 0 Å². The van der Waals surface area contributed by atoms with Gasteiger partial charge in [0, 0.05) is 18.4 Å². The smallest absolute Gasteiger partial charge is 0.198 e. The number of rotatable bonds is 5. The lowest BCUT2D eigenvalue weighted by Gasteiger charge is -1.99. The lowest BCUT2D eigenvalue weighted by molar-refractivity contribution is 0.0902. The molecule has 0 spiro atoms. The standard InChI is InChI=1S/C14H12O3/c15-12(11-5-2-1-3-6-11)8-9-13(16)14-7-4-10-17-14/h1-7,10H,8-9H2. The zero-order valence-corrected chi connectivity index (χ0v) is 9.26. The second-order valence-corrected chi connectivity index (χ2v) is 3.69. The fraction of sp³-hybridized carbons (Fsp3) is 0.143. The van der Waals surface area contributed by atoms with E-state index in [1.54, 1.807) is 24.3 Å². The first-order valence-corrected chi connectivity index (χ1v) is 5.42. The Morgan fingerprint density at radius 3 is 2.24 bits per heavy atom. The number of carbonyl (C=O) groups excluding carboxylic acids is 2. The van der Waals surface area contributed by atoms with Crippen LogP contribution in [0, 0.1) is 0 Å². The van der Waals surface area contributed by atoms with Crippen molar-refractivity contribution in [1.29, 1.82) is 0 Å². The summed E-state index contributed by atoms with van der Waals surface area (Å²) in [6.07, 6.45) is 1.84. The summed E-state index contributed by atoms with van der Waals surface area (Å²) in [6, 6.07) is 12.2. The molecule has 1 heterocycles. The van der Waals surface area contributed by atoms with Gasteiger partial charge in [-0.3, -0.25) is 9.59 Å². The monoisotopic (exact) mass is 228 g/mol. The maximum Gasteiger partial charge on any atom is 0.198 e. The van der Waals surface area contributed by atoms with E-state index in [0.717, 1.165) is 0 Å². The van der Waals surface area contributed by atoms with Gasteiger partial charge in [-0.05, 0) is 12.1 Å². The zero-order valence-electron chi connectivity index (χ0n) is 9.26. The number of benzene rings is 1. The van der Waals surface area contributed by atoms with Crippen molar-refractivity contribution in [3.8, 4) is 0 Å². The molecule has 0 saturated carbocycles. The molecular formula is C14H12O3. The Balaban J connectivity index is 1.91. The van der Waals surface area contributed by atoms with E-state index in [1.807, 2.05) is 18.2 Å². The minimum absolute atomic E-state index is 0.0227. The Bertz CT molecular complexity index is 498. The van der Waals surface area contributed by atoms with Crippen LogP contribution in [0.3, 0.4) is 0 Å². The number of furan rings is 1. The summed E-state index contributed by atoms with van der Waals surface area (Å²) in [4.78, 5) is 23.3. The van der Waals surface area contributed by atoms with Crippen LogP contribution in [0.2, 0.25) is 0 Å². The molecule has 17 heavy (non-hydrogen) atoms. The maximum absolute atomic E-state index is 11.7. The highest BCUT2D eigenvalue weighted by atomic mass is 16.3. The lowest BCUT2D eigenvalue weighted by atomic mass is 10.0. The van der Waals surface area contributed by atoms with Crippen molar-refractivity contribution in [2.45, 2.75) is 12.8 Å². The van der Waals surface area contributed by atoms with Gasteiger partial charge in [0.05, 0.1) is 6.26 Å². The molecule has 3 nitrogen and oxygen atoms in total. The largest absolute Gasteiger partial charge is 0.461 e. The average molecular weight is 228 g/mol. The van der Waals surface area contributed by atoms with Crippen molar-refractivity contribution >= 4 is 11.6 Å². The fourth-order valence-corrected chi connectivity index (χ4v) is 1.56. The molecule has 1 aromatic heterocycles. The molecule has 0 saturated heterocycles. The summed E-state index contributed by atoms with van der Waals surface area (Å²) in [5.74, 6) is 0.149. The van der Waals surface area contributed by atoms with E-state index in [4.69, 9.17) is 4.42 Å². The lowest BCUT2D eigenvalue weighted by Crippen LogP contribution is -2.04. The van der Waals surface area contributed by atoms with E-state index < -0.39 is 0 Å².